The molecule has 1 heterocycles. The van der Waals surface area contributed by atoms with Crippen LogP contribution in [0, 0.1) is 0 Å². The largest absolute Gasteiger partial charge is 0.375 e. The summed E-state index contributed by atoms with van der Waals surface area (Å²) in [6.07, 6.45) is 0. The molecule has 2 rings (SSSR count). The minimum Gasteiger partial charge on any atom is -0.375 e. The van der Waals surface area contributed by atoms with Crippen molar-refractivity contribution in [1.29, 1.82) is 0 Å². The van der Waals surface area contributed by atoms with Crippen LogP contribution in [-0.2, 0) is 20.9 Å². The first-order chi connectivity index (χ1) is 8.36. The lowest BCUT2D eigenvalue weighted by Crippen LogP contribution is -2.43. The van der Waals surface area contributed by atoms with Gasteiger partial charge in [-0.25, -0.2) is 0 Å². The summed E-state index contributed by atoms with van der Waals surface area (Å²) in [4.78, 5) is 13.2. The second kappa shape index (κ2) is 6.37. The second-order valence-electron chi connectivity index (χ2n) is 3.97. The Morgan fingerprint density at radius 1 is 1.29 bits per heavy atom. The summed E-state index contributed by atoms with van der Waals surface area (Å²) in [7, 11) is 0. The van der Waals surface area contributed by atoms with Gasteiger partial charge in [0.05, 0.1) is 19.8 Å². The molecule has 0 atom stereocenters. The fraction of sp³-hybridized carbons (Fsp3) is 0.462. The van der Waals surface area contributed by atoms with E-state index in [0.717, 1.165) is 5.56 Å². The Balaban J connectivity index is 1.64. The van der Waals surface area contributed by atoms with Gasteiger partial charge in [-0.3, -0.25) is 4.79 Å². The molecule has 4 nitrogen and oxygen atoms in total. The molecule has 0 spiro atoms. The summed E-state index contributed by atoms with van der Waals surface area (Å²) in [5.74, 6) is 0.0551. The van der Waals surface area contributed by atoms with Crippen LogP contribution in [0.4, 0.5) is 0 Å². The minimum absolute atomic E-state index is 0.0551. The van der Waals surface area contributed by atoms with E-state index in [9.17, 15) is 4.79 Å². The summed E-state index contributed by atoms with van der Waals surface area (Å²) in [5.41, 5.74) is 1.15. The molecule has 0 saturated carbocycles. The Morgan fingerprint density at radius 2 is 2.12 bits per heavy atom. The molecule has 92 valence electrons. The van der Waals surface area contributed by atoms with Crippen LogP contribution in [-0.4, -0.2) is 43.7 Å². The average Bonchev–Trinajstić information content (AvgIpc) is 2.38. The summed E-state index contributed by atoms with van der Waals surface area (Å²) in [6, 6.07) is 10.0. The minimum atomic E-state index is 0.0551. The lowest BCUT2D eigenvalue weighted by Gasteiger charge is -2.26. The van der Waals surface area contributed by atoms with Gasteiger partial charge in [-0.15, -0.1) is 0 Å². The van der Waals surface area contributed by atoms with Crippen molar-refractivity contribution >= 4 is 5.91 Å². The van der Waals surface area contributed by atoms with Crippen LogP contribution in [0.5, 0.6) is 0 Å². The lowest BCUT2D eigenvalue weighted by molar-refractivity contribution is -0.143. The molecular weight excluding hydrogens is 218 g/mol. The predicted octanol–water partition coefficient (Wildman–Crippen LogP) is 1.06. The standard InChI is InChI=1S/C13H17NO3/c15-13-11-17-9-7-14(13)6-8-16-10-12-4-2-1-3-5-12/h1-5H,6-11H2. The van der Waals surface area contributed by atoms with Crippen molar-refractivity contribution in [2.24, 2.45) is 0 Å². The quantitative estimate of drug-likeness (QED) is 0.716. The van der Waals surface area contributed by atoms with Crippen LogP contribution in [0.15, 0.2) is 30.3 Å². The molecule has 0 unspecified atom stereocenters. The normalized spacial score (nSPS) is 16.2. The molecule has 0 N–H and O–H groups in total. The van der Waals surface area contributed by atoms with E-state index in [1.54, 1.807) is 4.90 Å². The SMILES string of the molecule is O=C1COCCN1CCOCc1ccccc1. The number of carbonyl (C=O) groups is 1. The van der Waals surface area contributed by atoms with Gasteiger partial charge < -0.3 is 14.4 Å². The predicted molar refractivity (Wildman–Crippen MR) is 63.5 cm³/mol. The Labute approximate surface area is 101 Å². The molecule has 0 aliphatic carbocycles. The Kier molecular flexibility index (Phi) is 4.53. The van der Waals surface area contributed by atoms with E-state index in [1.807, 2.05) is 30.3 Å². The van der Waals surface area contributed by atoms with Gasteiger partial charge in [0.1, 0.15) is 6.61 Å². The van der Waals surface area contributed by atoms with E-state index in [-0.39, 0.29) is 12.5 Å². The molecular formula is C13H17NO3. The van der Waals surface area contributed by atoms with Gasteiger partial charge in [0, 0.05) is 13.1 Å². The molecule has 0 bridgehead atoms. The topological polar surface area (TPSA) is 38.8 Å². The van der Waals surface area contributed by atoms with Crippen molar-refractivity contribution in [2.45, 2.75) is 6.61 Å². The number of hydrogen-bond donors (Lipinski definition) is 0. The summed E-state index contributed by atoms with van der Waals surface area (Å²) >= 11 is 0. The molecule has 1 fully saturated rings. The van der Waals surface area contributed by atoms with Crippen LogP contribution in [0.25, 0.3) is 0 Å². The van der Waals surface area contributed by atoms with Crippen LogP contribution in [0.1, 0.15) is 5.56 Å². The van der Waals surface area contributed by atoms with Crippen molar-refractivity contribution in [1.82, 2.24) is 4.90 Å². The fourth-order valence-electron chi connectivity index (χ4n) is 1.73. The van der Waals surface area contributed by atoms with E-state index in [4.69, 9.17) is 9.47 Å². The number of carbonyl (C=O) groups excluding carboxylic acids is 1. The number of nitrogens with zero attached hydrogens (tertiary/aromatic N) is 1. The van der Waals surface area contributed by atoms with Crippen LogP contribution in [0.3, 0.4) is 0 Å². The Bertz CT molecular complexity index is 353. The molecule has 1 aromatic rings. The number of rotatable bonds is 5. The van der Waals surface area contributed by atoms with E-state index in [2.05, 4.69) is 0 Å². The lowest BCUT2D eigenvalue weighted by atomic mass is 10.2. The Morgan fingerprint density at radius 3 is 2.88 bits per heavy atom. The zero-order chi connectivity index (χ0) is 11.9. The third kappa shape index (κ3) is 3.84. The number of morpholine rings is 1. The van der Waals surface area contributed by atoms with Crippen molar-refractivity contribution < 1.29 is 14.3 Å². The van der Waals surface area contributed by atoms with Crippen molar-refractivity contribution in [3.05, 3.63) is 35.9 Å². The first kappa shape index (κ1) is 12.1. The maximum atomic E-state index is 11.4. The molecule has 4 heteroatoms. The van der Waals surface area contributed by atoms with Crippen molar-refractivity contribution in [3.8, 4) is 0 Å². The van der Waals surface area contributed by atoms with E-state index in [0.29, 0.717) is 32.9 Å². The molecule has 1 saturated heterocycles. The van der Waals surface area contributed by atoms with Gasteiger partial charge in [0.15, 0.2) is 0 Å². The van der Waals surface area contributed by atoms with Crippen LogP contribution in [0.2, 0.25) is 0 Å². The molecule has 17 heavy (non-hydrogen) atoms. The zero-order valence-electron chi connectivity index (χ0n) is 9.80. The molecule has 1 amide bonds. The molecule has 1 aromatic carbocycles. The third-order valence-electron chi connectivity index (χ3n) is 2.70. The zero-order valence-corrected chi connectivity index (χ0v) is 9.80. The third-order valence-corrected chi connectivity index (χ3v) is 2.70. The second-order valence-corrected chi connectivity index (χ2v) is 3.97. The van der Waals surface area contributed by atoms with Crippen LogP contribution >= 0.6 is 0 Å². The molecule has 0 aromatic heterocycles. The summed E-state index contributed by atoms with van der Waals surface area (Å²) in [5, 5.41) is 0. The highest BCUT2D eigenvalue weighted by atomic mass is 16.5. The first-order valence-corrected chi connectivity index (χ1v) is 5.83. The van der Waals surface area contributed by atoms with Crippen molar-refractivity contribution in [2.75, 3.05) is 32.9 Å². The van der Waals surface area contributed by atoms with Crippen molar-refractivity contribution in [3.63, 3.8) is 0 Å². The highest BCUT2D eigenvalue weighted by Gasteiger charge is 2.17. The molecule has 0 radical (unpaired) electrons. The maximum Gasteiger partial charge on any atom is 0.248 e. The van der Waals surface area contributed by atoms with Gasteiger partial charge in [0.2, 0.25) is 5.91 Å². The summed E-state index contributed by atoms with van der Waals surface area (Å²) in [6.45, 7) is 3.33. The highest BCUT2D eigenvalue weighted by molar-refractivity contribution is 5.77. The van der Waals surface area contributed by atoms with Gasteiger partial charge >= 0.3 is 0 Å². The number of amides is 1. The smallest absolute Gasteiger partial charge is 0.248 e. The van der Waals surface area contributed by atoms with Gasteiger partial charge in [-0.05, 0) is 5.56 Å². The van der Waals surface area contributed by atoms with E-state index >= 15 is 0 Å². The van der Waals surface area contributed by atoms with Crippen LogP contribution < -0.4 is 0 Å². The average molecular weight is 235 g/mol. The highest BCUT2D eigenvalue weighted by Crippen LogP contribution is 2.02. The summed E-state index contributed by atoms with van der Waals surface area (Å²) < 4.78 is 10.6. The molecule has 1 aliphatic heterocycles. The maximum absolute atomic E-state index is 11.4. The number of hydrogen-bond acceptors (Lipinski definition) is 3. The fourth-order valence-corrected chi connectivity index (χ4v) is 1.73. The van der Waals surface area contributed by atoms with E-state index in [1.165, 1.54) is 0 Å². The van der Waals surface area contributed by atoms with Gasteiger partial charge in [-0.1, -0.05) is 30.3 Å². The number of ether oxygens (including phenoxy) is 2. The number of benzene rings is 1. The Hall–Kier alpha value is -1.39. The van der Waals surface area contributed by atoms with E-state index < -0.39 is 0 Å². The monoisotopic (exact) mass is 235 g/mol. The first-order valence-electron chi connectivity index (χ1n) is 5.83. The molecule has 1 aliphatic rings. The van der Waals surface area contributed by atoms with Gasteiger partial charge in [-0.2, -0.15) is 0 Å². The van der Waals surface area contributed by atoms with Gasteiger partial charge in [0.25, 0.3) is 0 Å².